The monoisotopic (exact) mass is 413 g/mol. The van der Waals surface area contributed by atoms with Crippen LogP contribution in [0.15, 0.2) is 53.0 Å². The molecule has 134 valence electrons. The van der Waals surface area contributed by atoms with E-state index in [1.54, 1.807) is 0 Å². The van der Waals surface area contributed by atoms with Crippen molar-refractivity contribution in [1.82, 2.24) is 20.2 Å². The lowest BCUT2D eigenvalue weighted by atomic mass is 9.97. The second kappa shape index (κ2) is 8.23. The van der Waals surface area contributed by atoms with E-state index in [1.807, 2.05) is 48.5 Å². The Kier molecular flexibility index (Phi) is 5.78. The van der Waals surface area contributed by atoms with E-state index in [4.69, 9.17) is 0 Å². The zero-order valence-electron chi connectivity index (χ0n) is 14.7. The molecule has 0 aliphatic heterocycles. The smallest absolute Gasteiger partial charge is 0.248 e. The molecule has 26 heavy (non-hydrogen) atoms. The zero-order valence-corrected chi connectivity index (χ0v) is 16.3. The molecule has 0 saturated heterocycles. The zero-order chi connectivity index (χ0) is 18.5. The first-order chi connectivity index (χ1) is 12.6. The SMILES string of the molecule is CC[C@H](C)c1ccccc1NC(=O)Cn1nnc(-c2ccc(Br)cc2)n1. The Morgan fingerprint density at radius 1 is 1.19 bits per heavy atom. The van der Waals surface area contributed by atoms with Crippen molar-refractivity contribution in [2.45, 2.75) is 32.7 Å². The summed E-state index contributed by atoms with van der Waals surface area (Å²) in [5.41, 5.74) is 2.81. The Morgan fingerprint density at radius 3 is 2.65 bits per heavy atom. The van der Waals surface area contributed by atoms with Gasteiger partial charge in [0.15, 0.2) is 0 Å². The van der Waals surface area contributed by atoms with Gasteiger partial charge in [0.2, 0.25) is 11.7 Å². The molecule has 1 amide bonds. The van der Waals surface area contributed by atoms with Gasteiger partial charge in [0.25, 0.3) is 0 Å². The van der Waals surface area contributed by atoms with Gasteiger partial charge >= 0.3 is 0 Å². The molecule has 0 aliphatic carbocycles. The minimum absolute atomic E-state index is 0.0123. The van der Waals surface area contributed by atoms with Gasteiger partial charge in [-0.25, -0.2) is 0 Å². The number of tetrazole rings is 1. The molecule has 0 saturated carbocycles. The quantitative estimate of drug-likeness (QED) is 0.655. The first-order valence-electron chi connectivity index (χ1n) is 8.49. The number of amides is 1. The molecular formula is C19H20BrN5O. The Bertz CT molecular complexity index is 891. The number of para-hydroxylation sites is 1. The van der Waals surface area contributed by atoms with Gasteiger partial charge in [0.05, 0.1) is 0 Å². The van der Waals surface area contributed by atoms with Crippen LogP contribution in [0.25, 0.3) is 11.4 Å². The summed E-state index contributed by atoms with van der Waals surface area (Å²) in [4.78, 5) is 13.7. The summed E-state index contributed by atoms with van der Waals surface area (Å²) in [7, 11) is 0. The van der Waals surface area contributed by atoms with Crippen molar-refractivity contribution < 1.29 is 4.79 Å². The third kappa shape index (κ3) is 4.35. The number of carbonyl (C=O) groups is 1. The second-order valence-electron chi connectivity index (χ2n) is 6.10. The number of anilines is 1. The van der Waals surface area contributed by atoms with Crippen LogP contribution in [-0.2, 0) is 11.3 Å². The summed E-state index contributed by atoms with van der Waals surface area (Å²) >= 11 is 3.39. The molecule has 0 aliphatic rings. The lowest BCUT2D eigenvalue weighted by molar-refractivity contribution is -0.117. The first kappa shape index (κ1) is 18.3. The molecule has 0 radical (unpaired) electrons. The van der Waals surface area contributed by atoms with Crippen molar-refractivity contribution in [1.29, 1.82) is 0 Å². The summed E-state index contributed by atoms with van der Waals surface area (Å²) in [6.07, 6.45) is 1.01. The summed E-state index contributed by atoms with van der Waals surface area (Å²) in [6, 6.07) is 15.5. The Morgan fingerprint density at radius 2 is 1.92 bits per heavy atom. The molecule has 3 rings (SSSR count). The average Bonchev–Trinajstić information content (AvgIpc) is 3.10. The number of nitrogens with one attached hydrogen (secondary N) is 1. The standard InChI is InChI=1S/C19H20BrN5O/c1-3-13(2)16-6-4-5-7-17(16)21-18(26)12-25-23-19(22-24-25)14-8-10-15(20)11-9-14/h4-11,13H,3,12H2,1-2H3,(H,21,26)/t13-/m0/s1. The highest BCUT2D eigenvalue weighted by molar-refractivity contribution is 9.10. The molecular weight excluding hydrogens is 394 g/mol. The number of benzene rings is 2. The normalized spacial score (nSPS) is 12.0. The molecule has 2 aromatic carbocycles. The minimum atomic E-state index is -0.180. The van der Waals surface area contributed by atoms with Crippen molar-refractivity contribution in [2.75, 3.05) is 5.32 Å². The lowest BCUT2D eigenvalue weighted by Gasteiger charge is -2.15. The Labute approximate surface area is 160 Å². The van der Waals surface area contributed by atoms with Gasteiger partial charge in [0, 0.05) is 15.7 Å². The van der Waals surface area contributed by atoms with Gasteiger partial charge in [-0.1, -0.05) is 48.0 Å². The number of aromatic nitrogens is 4. The van der Waals surface area contributed by atoms with Crippen molar-refractivity contribution in [3.63, 3.8) is 0 Å². The molecule has 0 fully saturated rings. The highest BCUT2D eigenvalue weighted by Crippen LogP contribution is 2.26. The van der Waals surface area contributed by atoms with Crippen LogP contribution in [0.3, 0.4) is 0 Å². The second-order valence-corrected chi connectivity index (χ2v) is 7.01. The van der Waals surface area contributed by atoms with Crippen molar-refractivity contribution in [2.24, 2.45) is 0 Å². The molecule has 1 heterocycles. The van der Waals surface area contributed by atoms with E-state index in [2.05, 4.69) is 50.5 Å². The van der Waals surface area contributed by atoms with Gasteiger partial charge in [-0.15, -0.1) is 10.2 Å². The van der Waals surface area contributed by atoms with E-state index < -0.39 is 0 Å². The van der Waals surface area contributed by atoms with Crippen LogP contribution >= 0.6 is 15.9 Å². The van der Waals surface area contributed by atoms with Gasteiger partial charge in [-0.2, -0.15) is 4.80 Å². The maximum absolute atomic E-state index is 12.4. The van der Waals surface area contributed by atoms with Gasteiger partial charge in [-0.3, -0.25) is 4.79 Å². The topological polar surface area (TPSA) is 72.7 Å². The van der Waals surface area contributed by atoms with E-state index in [9.17, 15) is 4.79 Å². The predicted molar refractivity (Wildman–Crippen MR) is 105 cm³/mol. The maximum atomic E-state index is 12.4. The van der Waals surface area contributed by atoms with Crippen LogP contribution in [0.2, 0.25) is 0 Å². The Balaban J connectivity index is 1.69. The number of carbonyl (C=O) groups excluding carboxylic acids is 1. The van der Waals surface area contributed by atoms with E-state index in [0.717, 1.165) is 27.7 Å². The highest BCUT2D eigenvalue weighted by atomic mass is 79.9. The van der Waals surface area contributed by atoms with Crippen LogP contribution in [-0.4, -0.2) is 26.1 Å². The fraction of sp³-hybridized carbons (Fsp3) is 0.263. The molecule has 6 nitrogen and oxygen atoms in total. The summed E-state index contributed by atoms with van der Waals surface area (Å²) in [6.45, 7) is 4.29. The largest absolute Gasteiger partial charge is 0.324 e. The molecule has 0 bridgehead atoms. The third-order valence-corrected chi connectivity index (χ3v) is 4.75. The Hall–Kier alpha value is -2.54. The molecule has 3 aromatic rings. The van der Waals surface area contributed by atoms with Crippen LogP contribution in [0, 0.1) is 0 Å². The van der Waals surface area contributed by atoms with Crippen molar-refractivity contribution in [3.8, 4) is 11.4 Å². The van der Waals surface area contributed by atoms with Crippen LogP contribution in [0.4, 0.5) is 5.69 Å². The van der Waals surface area contributed by atoms with E-state index in [1.165, 1.54) is 4.80 Å². The number of nitrogens with zero attached hydrogens (tertiary/aromatic N) is 4. The van der Waals surface area contributed by atoms with E-state index in [-0.39, 0.29) is 12.5 Å². The number of hydrogen-bond donors (Lipinski definition) is 1. The van der Waals surface area contributed by atoms with Crippen molar-refractivity contribution in [3.05, 3.63) is 58.6 Å². The predicted octanol–water partition coefficient (Wildman–Crippen LogP) is 4.25. The first-order valence-corrected chi connectivity index (χ1v) is 9.28. The summed E-state index contributed by atoms with van der Waals surface area (Å²) in [5.74, 6) is 0.686. The number of halogens is 1. The average molecular weight is 414 g/mol. The fourth-order valence-electron chi connectivity index (χ4n) is 2.60. The van der Waals surface area contributed by atoms with Crippen LogP contribution in [0.5, 0.6) is 0 Å². The van der Waals surface area contributed by atoms with Gasteiger partial charge in [0.1, 0.15) is 6.54 Å². The molecule has 7 heteroatoms. The summed E-state index contributed by atoms with van der Waals surface area (Å²) < 4.78 is 0.980. The third-order valence-electron chi connectivity index (χ3n) is 4.22. The molecule has 0 spiro atoms. The lowest BCUT2D eigenvalue weighted by Crippen LogP contribution is -2.21. The summed E-state index contributed by atoms with van der Waals surface area (Å²) in [5, 5.41) is 15.2. The van der Waals surface area contributed by atoms with Crippen molar-refractivity contribution >= 4 is 27.5 Å². The fourth-order valence-corrected chi connectivity index (χ4v) is 2.87. The van der Waals surface area contributed by atoms with Gasteiger partial charge < -0.3 is 5.32 Å². The van der Waals surface area contributed by atoms with E-state index in [0.29, 0.717) is 11.7 Å². The van der Waals surface area contributed by atoms with E-state index >= 15 is 0 Å². The highest BCUT2D eigenvalue weighted by Gasteiger charge is 2.13. The number of rotatable bonds is 6. The molecule has 1 N–H and O–H groups in total. The number of hydrogen-bond acceptors (Lipinski definition) is 4. The van der Waals surface area contributed by atoms with Crippen LogP contribution < -0.4 is 5.32 Å². The molecule has 1 atom stereocenters. The molecule has 1 aromatic heterocycles. The van der Waals surface area contributed by atoms with Gasteiger partial charge in [-0.05, 0) is 53.4 Å². The minimum Gasteiger partial charge on any atom is -0.324 e. The van der Waals surface area contributed by atoms with Crippen LogP contribution in [0.1, 0.15) is 31.7 Å². The molecule has 0 unspecified atom stereocenters. The maximum Gasteiger partial charge on any atom is 0.248 e.